The normalized spacial score (nSPS) is 12.2. The fraction of sp³-hybridized carbons (Fsp3) is 0.300. The zero-order valence-corrected chi connectivity index (χ0v) is 10.4. The van der Waals surface area contributed by atoms with Crippen molar-refractivity contribution in [2.45, 2.75) is 13.0 Å². The molecule has 1 rings (SSSR count). The van der Waals surface area contributed by atoms with Crippen molar-refractivity contribution in [1.29, 1.82) is 0 Å². The minimum Gasteiger partial charge on any atom is -0.507 e. The Hall–Kier alpha value is -0.820. The Morgan fingerprint density at radius 2 is 2.27 bits per heavy atom. The van der Waals surface area contributed by atoms with Crippen LogP contribution in [0.2, 0.25) is 0 Å². The fourth-order valence-corrected chi connectivity index (χ4v) is 1.33. The lowest BCUT2D eigenvalue weighted by molar-refractivity contribution is 0.0923. The minimum absolute atomic E-state index is 0.0836. The molecule has 1 aromatic rings. The molecule has 5 heteroatoms. The van der Waals surface area contributed by atoms with E-state index in [0.717, 1.165) is 0 Å². The van der Waals surface area contributed by atoms with E-state index in [4.69, 9.17) is 5.11 Å². The van der Waals surface area contributed by atoms with E-state index in [1.807, 2.05) is 22.6 Å². The van der Waals surface area contributed by atoms with Crippen molar-refractivity contribution in [3.8, 4) is 5.75 Å². The molecule has 0 aliphatic carbocycles. The van der Waals surface area contributed by atoms with Gasteiger partial charge in [0.05, 0.1) is 9.67 Å². The second-order valence-corrected chi connectivity index (χ2v) is 4.39. The molecule has 4 nitrogen and oxygen atoms in total. The Labute approximate surface area is 101 Å². The van der Waals surface area contributed by atoms with Crippen molar-refractivity contribution in [3.05, 3.63) is 27.3 Å². The summed E-state index contributed by atoms with van der Waals surface area (Å²) < 4.78 is 0.694. The van der Waals surface area contributed by atoms with Crippen molar-refractivity contribution in [1.82, 2.24) is 5.32 Å². The third-order valence-electron chi connectivity index (χ3n) is 1.77. The van der Waals surface area contributed by atoms with Crippen LogP contribution < -0.4 is 5.32 Å². The summed E-state index contributed by atoms with van der Waals surface area (Å²) in [5.41, 5.74) is 0.383. The predicted octanol–water partition coefficient (Wildman–Crippen LogP) is 1.11. The zero-order valence-electron chi connectivity index (χ0n) is 8.20. The van der Waals surface area contributed by atoms with E-state index in [0.29, 0.717) is 9.13 Å². The van der Waals surface area contributed by atoms with E-state index in [9.17, 15) is 9.90 Å². The number of benzene rings is 1. The highest BCUT2D eigenvalue weighted by molar-refractivity contribution is 14.1. The van der Waals surface area contributed by atoms with Gasteiger partial charge in [0.15, 0.2) is 0 Å². The molecule has 3 N–H and O–H groups in total. The monoisotopic (exact) mass is 321 g/mol. The summed E-state index contributed by atoms with van der Waals surface area (Å²) in [6.45, 7) is 1.79. The first-order chi connectivity index (χ1) is 7.00. The number of aliphatic hydroxyl groups is 1. The first-order valence-corrected chi connectivity index (χ1v) is 5.53. The maximum absolute atomic E-state index is 11.5. The molecule has 82 valence electrons. The molecule has 15 heavy (non-hydrogen) atoms. The van der Waals surface area contributed by atoms with E-state index in [-0.39, 0.29) is 18.2 Å². The van der Waals surface area contributed by atoms with Gasteiger partial charge in [-0.15, -0.1) is 0 Å². The van der Waals surface area contributed by atoms with E-state index >= 15 is 0 Å². The number of hydrogen-bond acceptors (Lipinski definition) is 3. The SMILES string of the molecule is CC(O)CNC(=O)c1ccc(I)c(O)c1. The number of halogens is 1. The molecule has 0 saturated carbocycles. The summed E-state index contributed by atoms with van der Waals surface area (Å²) in [5, 5.41) is 20.9. The van der Waals surface area contributed by atoms with E-state index in [2.05, 4.69) is 5.32 Å². The van der Waals surface area contributed by atoms with Crippen LogP contribution in [0.25, 0.3) is 0 Å². The quantitative estimate of drug-likeness (QED) is 0.731. The van der Waals surface area contributed by atoms with E-state index < -0.39 is 6.10 Å². The zero-order chi connectivity index (χ0) is 11.4. The van der Waals surface area contributed by atoms with Gasteiger partial charge in [0.2, 0.25) is 0 Å². The first-order valence-electron chi connectivity index (χ1n) is 4.45. The Morgan fingerprint density at radius 1 is 1.60 bits per heavy atom. The molecule has 0 saturated heterocycles. The number of amides is 1. The maximum Gasteiger partial charge on any atom is 0.251 e. The highest BCUT2D eigenvalue weighted by atomic mass is 127. The molecule has 1 unspecified atom stereocenters. The van der Waals surface area contributed by atoms with Gasteiger partial charge >= 0.3 is 0 Å². The lowest BCUT2D eigenvalue weighted by atomic mass is 10.2. The van der Waals surface area contributed by atoms with Crippen LogP contribution in [0.3, 0.4) is 0 Å². The molecule has 0 aromatic heterocycles. The number of phenolic OH excluding ortho intramolecular Hbond substituents is 1. The molecule has 1 atom stereocenters. The standard InChI is InChI=1S/C10H12INO3/c1-6(13)5-12-10(15)7-2-3-8(11)9(14)4-7/h2-4,6,13-14H,5H2,1H3,(H,12,15). The first kappa shape index (κ1) is 12.3. The Morgan fingerprint density at radius 3 is 2.80 bits per heavy atom. The largest absolute Gasteiger partial charge is 0.507 e. The van der Waals surface area contributed by atoms with Crippen molar-refractivity contribution in [2.24, 2.45) is 0 Å². The summed E-state index contributed by atoms with van der Waals surface area (Å²) in [5.74, 6) is -0.220. The summed E-state index contributed by atoms with van der Waals surface area (Å²) >= 11 is 1.97. The molecule has 0 fully saturated rings. The fourth-order valence-electron chi connectivity index (χ4n) is 0.996. The van der Waals surface area contributed by atoms with Gasteiger partial charge in [-0.05, 0) is 47.7 Å². The third-order valence-corrected chi connectivity index (χ3v) is 2.68. The second-order valence-electron chi connectivity index (χ2n) is 3.23. The number of carbonyl (C=O) groups excluding carboxylic acids is 1. The topological polar surface area (TPSA) is 69.6 Å². The summed E-state index contributed by atoms with van der Waals surface area (Å²) in [4.78, 5) is 11.5. The molecular formula is C10H12INO3. The van der Waals surface area contributed by atoms with Crippen LogP contribution in [0.1, 0.15) is 17.3 Å². The number of rotatable bonds is 3. The van der Waals surface area contributed by atoms with Gasteiger partial charge in [0.1, 0.15) is 5.75 Å². The van der Waals surface area contributed by atoms with Gasteiger partial charge in [-0.1, -0.05) is 0 Å². The molecule has 0 aliphatic heterocycles. The summed E-state index contributed by atoms with van der Waals surface area (Å²) in [7, 11) is 0. The Kier molecular flexibility index (Phi) is 4.34. The Balaban J connectivity index is 2.70. The van der Waals surface area contributed by atoms with Gasteiger partial charge < -0.3 is 15.5 Å². The number of hydrogen-bond donors (Lipinski definition) is 3. The molecule has 1 aromatic carbocycles. The number of carbonyl (C=O) groups is 1. The van der Waals surface area contributed by atoms with Crippen molar-refractivity contribution in [2.75, 3.05) is 6.54 Å². The highest BCUT2D eigenvalue weighted by Gasteiger charge is 2.08. The van der Waals surface area contributed by atoms with Gasteiger partial charge in [-0.25, -0.2) is 0 Å². The number of aromatic hydroxyl groups is 1. The van der Waals surface area contributed by atoms with E-state index in [1.165, 1.54) is 6.07 Å². The molecule has 0 aliphatic rings. The molecule has 0 bridgehead atoms. The highest BCUT2D eigenvalue weighted by Crippen LogP contribution is 2.20. The van der Waals surface area contributed by atoms with Crippen LogP contribution in [0.15, 0.2) is 18.2 Å². The van der Waals surface area contributed by atoms with Crippen LogP contribution in [-0.2, 0) is 0 Å². The van der Waals surface area contributed by atoms with Gasteiger partial charge in [-0.3, -0.25) is 4.79 Å². The van der Waals surface area contributed by atoms with Crippen LogP contribution in [0.5, 0.6) is 5.75 Å². The number of nitrogens with one attached hydrogen (secondary N) is 1. The minimum atomic E-state index is -0.577. The van der Waals surface area contributed by atoms with Gasteiger partial charge in [0, 0.05) is 12.1 Å². The Bertz CT molecular complexity index is 366. The van der Waals surface area contributed by atoms with Crippen molar-refractivity contribution in [3.63, 3.8) is 0 Å². The summed E-state index contributed by atoms with van der Waals surface area (Å²) in [6.07, 6.45) is -0.577. The second kappa shape index (κ2) is 5.32. The average molecular weight is 321 g/mol. The molecule has 0 radical (unpaired) electrons. The van der Waals surface area contributed by atoms with Crippen LogP contribution >= 0.6 is 22.6 Å². The molecule has 0 spiro atoms. The van der Waals surface area contributed by atoms with Gasteiger partial charge in [0.25, 0.3) is 5.91 Å². The number of phenols is 1. The van der Waals surface area contributed by atoms with Gasteiger partial charge in [-0.2, -0.15) is 0 Å². The molecule has 1 amide bonds. The predicted molar refractivity (Wildman–Crippen MR) is 64.8 cm³/mol. The summed E-state index contributed by atoms with van der Waals surface area (Å²) in [6, 6.07) is 4.69. The molecule has 0 heterocycles. The van der Waals surface area contributed by atoms with Crippen LogP contribution in [0, 0.1) is 3.57 Å². The average Bonchev–Trinajstić information content (AvgIpc) is 2.18. The van der Waals surface area contributed by atoms with Crippen LogP contribution in [0.4, 0.5) is 0 Å². The third kappa shape index (κ3) is 3.67. The number of aliphatic hydroxyl groups excluding tert-OH is 1. The van der Waals surface area contributed by atoms with E-state index in [1.54, 1.807) is 19.1 Å². The maximum atomic E-state index is 11.5. The van der Waals surface area contributed by atoms with Crippen LogP contribution in [-0.4, -0.2) is 28.8 Å². The lowest BCUT2D eigenvalue weighted by Crippen LogP contribution is -2.30. The smallest absolute Gasteiger partial charge is 0.251 e. The molecular weight excluding hydrogens is 309 g/mol. The van der Waals surface area contributed by atoms with Crippen molar-refractivity contribution >= 4 is 28.5 Å². The lowest BCUT2D eigenvalue weighted by Gasteiger charge is -2.07. The van der Waals surface area contributed by atoms with Crippen molar-refractivity contribution < 1.29 is 15.0 Å².